The van der Waals surface area contributed by atoms with Crippen LogP contribution < -0.4 is 9.64 Å². The molecule has 2 aromatic carbocycles. The van der Waals surface area contributed by atoms with Crippen LogP contribution in [0.2, 0.25) is 0 Å². The molecule has 170 valence electrons. The molecule has 2 aromatic rings. The minimum atomic E-state index is -0.662. The fraction of sp³-hybridized carbons (Fsp3) is 0.360. The molecule has 1 amide bonds. The van der Waals surface area contributed by atoms with Crippen molar-refractivity contribution >= 4 is 23.1 Å². The van der Waals surface area contributed by atoms with Crippen LogP contribution in [0.5, 0.6) is 5.75 Å². The summed E-state index contributed by atoms with van der Waals surface area (Å²) in [5.41, 5.74) is 2.37. The van der Waals surface area contributed by atoms with Crippen molar-refractivity contribution in [1.82, 2.24) is 9.80 Å². The first-order chi connectivity index (χ1) is 15.2. The van der Waals surface area contributed by atoms with Gasteiger partial charge < -0.3 is 24.5 Å². The van der Waals surface area contributed by atoms with E-state index >= 15 is 0 Å². The normalized spacial score (nSPS) is 17.8. The second-order valence-corrected chi connectivity index (χ2v) is 8.36. The number of ether oxygens (including phenoxy) is 1. The van der Waals surface area contributed by atoms with Gasteiger partial charge in [0.15, 0.2) is 0 Å². The van der Waals surface area contributed by atoms with E-state index in [1.807, 2.05) is 62.3 Å². The largest absolute Gasteiger partial charge is 0.507 e. The average molecular weight is 438 g/mol. The van der Waals surface area contributed by atoms with Gasteiger partial charge in [-0.05, 0) is 69.0 Å². The summed E-state index contributed by atoms with van der Waals surface area (Å²) in [6.07, 6.45) is 0.717. The molecule has 1 N–H and O–H groups in total. The Morgan fingerprint density at radius 1 is 1.00 bits per heavy atom. The number of benzene rings is 2. The molecule has 1 saturated heterocycles. The van der Waals surface area contributed by atoms with Gasteiger partial charge in [0, 0.05) is 31.9 Å². The van der Waals surface area contributed by atoms with E-state index in [0.29, 0.717) is 17.9 Å². The molecule has 0 saturated carbocycles. The quantitative estimate of drug-likeness (QED) is 0.389. The van der Waals surface area contributed by atoms with Crippen LogP contribution in [-0.4, -0.2) is 75.0 Å². The second kappa shape index (κ2) is 9.87. The number of hydrogen-bond acceptors (Lipinski definition) is 6. The first-order valence-electron chi connectivity index (χ1n) is 10.6. The highest BCUT2D eigenvalue weighted by Crippen LogP contribution is 2.40. The van der Waals surface area contributed by atoms with Crippen LogP contribution in [0, 0.1) is 0 Å². The first kappa shape index (κ1) is 23.3. The van der Waals surface area contributed by atoms with E-state index in [9.17, 15) is 14.7 Å². The third kappa shape index (κ3) is 4.78. The monoisotopic (exact) mass is 437 g/mol. The first-order valence-corrected chi connectivity index (χ1v) is 10.6. The van der Waals surface area contributed by atoms with Crippen LogP contribution in [0.3, 0.4) is 0 Å². The number of rotatable bonds is 8. The summed E-state index contributed by atoms with van der Waals surface area (Å²) >= 11 is 0. The van der Waals surface area contributed by atoms with Crippen LogP contribution in [0.4, 0.5) is 5.69 Å². The Morgan fingerprint density at radius 2 is 1.62 bits per heavy atom. The van der Waals surface area contributed by atoms with Gasteiger partial charge in [-0.25, -0.2) is 0 Å². The average Bonchev–Trinajstić information content (AvgIpc) is 3.03. The molecule has 7 nitrogen and oxygen atoms in total. The van der Waals surface area contributed by atoms with Crippen molar-refractivity contribution < 1.29 is 19.4 Å². The number of likely N-dealkylation sites (tertiary alicyclic amines) is 1. The summed E-state index contributed by atoms with van der Waals surface area (Å²) < 4.78 is 5.18. The lowest BCUT2D eigenvalue weighted by Gasteiger charge is -2.26. The third-order valence-corrected chi connectivity index (χ3v) is 5.63. The zero-order valence-electron chi connectivity index (χ0n) is 19.3. The molecule has 0 aromatic heterocycles. The summed E-state index contributed by atoms with van der Waals surface area (Å²) in [5.74, 6) is -0.783. The van der Waals surface area contributed by atoms with Gasteiger partial charge in [0.25, 0.3) is 11.7 Å². The van der Waals surface area contributed by atoms with Gasteiger partial charge in [0.2, 0.25) is 0 Å². The Labute approximate surface area is 189 Å². The molecule has 32 heavy (non-hydrogen) atoms. The molecule has 3 rings (SSSR count). The van der Waals surface area contributed by atoms with Crippen molar-refractivity contribution in [2.45, 2.75) is 12.5 Å². The van der Waals surface area contributed by atoms with Crippen molar-refractivity contribution in [3.63, 3.8) is 0 Å². The summed E-state index contributed by atoms with van der Waals surface area (Å²) in [6.45, 7) is 1.20. The highest BCUT2D eigenvalue weighted by molar-refractivity contribution is 6.46. The molecule has 0 aliphatic carbocycles. The van der Waals surface area contributed by atoms with Crippen molar-refractivity contribution in [3.8, 4) is 5.75 Å². The number of aliphatic hydroxyl groups excluding tert-OH is 1. The van der Waals surface area contributed by atoms with E-state index in [0.717, 1.165) is 24.2 Å². The number of carbonyl (C=O) groups excluding carboxylic acids is 2. The molecule has 1 fully saturated rings. The van der Waals surface area contributed by atoms with Crippen molar-refractivity contribution in [3.05, 3.63) is 65.2 Å². The van der Waals surface area contributed by atoms with Gasteiger partial charge in [-0.15, -0.1) is 0 Å². The molecule has 0 bridgehead atoms. The van der Waals surface area contributed by atoms with E-state index in [-0.39, 0.29) is 11.3 Å². The molecule has 7 heteroatoms. The van der Waals surface area contributed by atoms with E-state index in [4.69, 9.17) is 4.74 Å². The van der Waals surface area contributed by atoms with Crippen molar-refractivity contribution in [2.75, 3.05) is 53.3 Å². The Morgan fingerprint density at radius 3 is 2.16 bits per heavy atom. The van der Waals surface area contributed by atoms with Gasteiger partial charge in [0.05, 0.1) is 18.7 Å². The Hall–Kier alpha value is -3.32. The highest BCUT2D eigenvalue weighted by atomic mass is 16.5. The van der Waals surface area contributed by atoms with Gasteiger partial charge in [-0.3, -0.25) is 9.59 Å². The molecule has 0 unspecified atom stereocenters. The smallest absolute Gasteiger partial charge is 0.295 e. The van der Waals surface area contributed by atoms with E-state index in [1.165, 1.54) is 0 Å². The number of amides is 1. The Balaban J connectivity index is 2.07. The maximum absolute atomic E-state index is 13.1. The summed E-state index contributed by atoms with van der Waals surface area (Å²) in [6, 6.07) is 13.9. The van der Waals surface area contributed by atoms with Gasteiger partial charge in [-0.2, -0.15) is 0 Å². The van der Waals surface area contributed by atoms with Crippen LogP contribution >= 0.6 is 0 Å². The number of hydrogen-bond donors (Lipinski definition) is 1. The predicted octanol–water partition coefficient (Wildman–Crippen LogP) is 3.13. The minimum Gasteiger partial charge on any atom is -0.507 e. The molecule has 0 spiro atoms. The maximum Gasteiger partial charge on any atom is 0.295 e. The zero-order chi connectivity index (χ0) is 23.4. The zero-order valence-corrected chi connectivity index (χ0v) is 19.3. The van der Waals surface area contributed by atoms with Crippen LogP contribution in [0.25, 0.3) is 5.76 Å². The fourth-order valence-electron chi connectivity index (χ4n) is 3.87. The maximum atomic E-state index is 13.1. The van der Waals surface area contributed by atoms with Crippen molar-refractivity contribution in [2.24, 2.45) is 0 Å². The summed E-state index contributed by atoms with van der Waals surface area (Å²) in [7, 11) is 9.40. The topological polar surface area (TPSA) is 73.3 Å². The van der Waals surface area contributed by atoms with E-state index in [1.54, 1.807) is 36.3 Å². The van der Waals surface area contributed by atoms with Gasteiger partial charge in [0.1, 0.15) is 11.5 Å². The lowest BCUT2D eigenvalue weighted by molar-refractivity contribution is -0.139. The standard InChI is InChI=1S/C25H31N3O4/c1-26(2)15-6-16-28-22(17-7-11-19(12-8-17)27(3)4)21(24(30)25(28)31)23(29)18-9-13-20(32-5)14-10-18/h7-14,22,29H,6,15-16H2,1-5H3/b23-21+/t22-/m0/s1. The lowest BCUT2D eigenvalue weighted by Crippen LogP contribution is -2.32. The second-order valence-electron chi connectivity index (χ2n) is 8.36. The molecular formula is C25H31N3O4. The van der Waals surface area contributed by atoms with Gasteiger partial charge in [-0.1, -0.05) is 12.1 Å². The number of nitrogens with zero attached hydrogens (tertiary/aromatic N) is 3. The van der Waals surface area contributed by atoms with Crippen LogP contribution in [-0.2, 0) is 9.59 Å². The highest BCUT2D eigenvalue weighted by Gasteiger charge is 2.45. The van der Waals surface area contributed by atoms with E-state index in [2.05, 4.69) is 0 Å². The number of carbonyl (C=O) groups is 2. The molecule has 0 radical (unpaired) electrons. The number of Topliss-reactive ketones (excluding diaryl/α,β-unsaturated/α-hetero) is 1. The molecule has 1 aliphatic heterocycles. The minimum absolute atomic E-state index is 0.114. The van der Waals surface area contributed by atoms with Gasteiger partial charge >= 0.3 is 0 Å². The van der Waals surface area contributed by atoms with Crippen LogP contribution in [0.15, 0.2) is 54.1 Å². The molecule has 1 aliphatic rings. The predicted molar refractivity (Wildman–Crippen MR) is 126 cm³/mol. The summed E-state index contributed by atoms with van der Waals surface area (Å²) in [5, 5.41) is 11.1. The third-order valence-electron chi connectivity index (χ3n) is 5.63. The Kier molecular flexibility index (Phi) is 7.20. The Bertz CT molecular complexity index is 995. The number of anilines is 1. The molecule has 1 heterocycles. The number of aliphatic hydroxyl groups is 1. The lowest BCUT2D eigenvalue weighted by atomic mass is 9.95. The molecular weight excluding hydrogens is 406 g/mol. The number of ketones is 1. The van der Waals surface area contributed by atoms with E-state index < -0.39 is 17.7 Å². The summed E-state index contributed by atoms with van der Waals surface area (Å²) in [4.78, 5) is 31.6. The molecule has 1 atom stereocenters. The fourth-order valence-corrected chi connectivity index (χ4v) is 3.87. The van der Waals surface area contributed by atoms with Crippen LogP contribution in [0.1, 0.15) is 23.6 Å². The van der Waals surface area contributed by atoms with Crippen molar-refractivity contribution in [1.29, 1.82) is 0 Å². The SMILES string of the molecule is COc1ccc(/C(O)=C2\C(=O)C(=O)N(CCCN(C)C)[C@H]2c2ccc(N(C)C)cc2)cc1. The number of methoxy groups -OCH3 is 1.